The predicted molar refractivity (Wildman–Crippen MR) is 98.8 cm³/mol. The minimum Gasteiger partial charge on any atom is -0.377 e. The quantitative estimate of drug-likeness (QED) is 0.564. The number of benzene rings is 1. The maximum Gasteiger partial charge on any atom is 0.270 e. The molecule has 11 heteroatoms. The lowest BCUT2D eigenvalue weighted by Gasteiger charge is -2.19. The van der Waals surface area contributed by atoms with Crippen LogP contribution in [0.15, 0.2) is 29.4 Å². The topological polar surface area (TPSA) is 123 Å². The molecule has 0 radical (unpaired) electrons. The summed E-state index contributed by atoms with van der Waals surface area (Å²) in [7, 11) is -3.82. The van der Waals surface area contributed by atoms with Crippen molar-refractivity contribution in [2.24, 2.45) is 0 Å². The van der Waals surface area contributed by atoms with E-state index in [1.807, 2.05) is 18.4 Å². The number of nitro groups is 1. The molecule has 0 unspecified atom stereocenters. The average molecular weight is 394 g/mol. The van der Waals surface area contributed by atoms with Crippen LogP contribution in [0.25, 0.3) is 0 Å². The summed E-state index contributed by atoms with van der Waals surface area (Å²) in [5.41, 5.74) is 0.0504. The van der Waals surface area contributed by atoms with Gasteiger partial charge in [-0.15, -0.1) is 10.2 Å². The van der Waals surface area contributed by atoms with Crippen LogP contribution in [0.4, 0.5) is 11.4 Å². The molecule has 146 valence electrons. The Balaban J connectivity index is 1.94. The Morgan fingerprint density at radius 2 is 2.00 bits per heavy atom. The molecular formula is C16H22N6O4S. The van der Waals surface area contributed by atoms with Crippen molar-refractivity contribution >= 4 is 21.4 Å². The van der Waals surface area contributed by atoms with E-state index in [0.717, 1.165) is 18.9 Å². The minimum atomic E-state index is -3.82. The maximum atomic E-state index is 13.0. The molecule has 27 heavy (non-hydrogen) atoms. The molecule has 2 aromatic rings. The van der Waals surface area contributed by atoms with E-state index in [1.54, 1.807) is 6.33 Å². The first-order valence-corrected chi connectivity index (χ1v) is 10.2. The molecule has 0 bridgehead atoms. The molecule has 1 fully saturated rings. The van der Waals surface area contributed by atoms with Crippen LogP contribution in [0.5, 0.6) is 0 Å². The van der Waals surface area contributed by atoms with Crippen molar-refractivity contribution in [1.82, 2.24) is 19.1 Å². The third-order valence-electron chi connectivity index (χ3n) is 4.50. The summed E-state index contributed by atoms with van der Waals surface area (Å²) >= 11 is 0. The van der Waals surface area contributed by atoms with Crippen LogP contribution in [0.3, 0.4) is 0 Å². The molecule has 1 aliphatic rings. The van der Waals surface area contributed by atoms with E-state index >= 15 is 0 Å². The van der Waals surface area contributed by atoms with Crippen molar-refractivity contribution in [3.63, 3.8) is 0 Å². The van der Waals surface area contributed by atoms with E-state index in [0.29, 0.717) is 24.6 Å². The summed E-state index contributed by atoms with van der Waals surface area (Å²) in [5.74, 6) is 0.646. The Morgan fingerprint density at radius 1 is 1.30 bits per heavy atom. The van der Waals surface area contributed by atoms with Crippen LogP contribution in [0.1, 0.15) is 38.6 Å². The first kappa shape index (κ1) is 19.2. The Kier molecular flexibility index (Phi) is 5.42. The summed E-state index contributed by atoms with van der Waals surface area (Å²) in [6.45, 7) is 5.07. The maximum absolute atomic E-state index is 13.0. The van der Waals surface area contributed by atoms with Gasteiger partial charge in [0.2, 0.25) is 10.0 Å². The fourth-order valence-electron chi connectivity index (χ4n) is 3.05. The second-order valence-electron chi connectivity index (χ2n) is 6.65. The number of hydrogen-bond donors (Lipinski definition) is 1. The van der Waals surface area contributed by atoms with Crippen LogP contribution in [-0.4, -0.2) is 45.5 Å². The highest BCUT2D eigenvalue weighted by atomic mass is 32.2. The lowest BCUT2D eigenvalue weighted by Crippen LogP contribution is -2.28. The van der Waals surface area contributed by atoms with Gasteiger partial charge in [0.25, 0.3) is 5.69 Å². The number of nitrogens with one attached hydrogen (secondary N) is 1. The van der Waals surface area contributed by atoms with E-state index in [4.69, 9.17) is 0 Å². The predicted octanol–water partition coefficient (Wildman–Crippen LogP) is 2.16. The van der Waals surface area contributed by atoms with Gasteiger partial charge in [-0.1, -0.05) is 0 Å². The molecule has 3 rings (SSSR count). The van der Waals surface area contributed by atoms with Crippen molar-refractivity contribution in [3.8, 4) is 0 Å². The fraction of sp³-hybridized carbons (Fsp3) is 0.500. The monoisotopic (exact) mass is 394 g/mol. The highest BCUT2D eigenvalue weighted by molar-refractivity contribution is 7.89. The van der Waals surface area contributed by atoms with Gasteiger partial charge < -0.3 is 9.88 Å². The standard InChI is InChI=1S/C16H22N6O4S/c1-12(2)21-11-18-19-16(21)10-17-14-6-5-13(22(23)24)9-15(14)27(25,26)20-7-3-4-8-20/h5-6,9,11-12,17H,3-4,7-8,10H2,1-2H3. The van der Waals surface area contributed by atoms with Crippen molar-refractivity contribution in [1.29, 1.82) is 0 Å². The molecule has 1 saturated heterocycles. The van der Waals surface area contributed by atoms with E-state index in [2.05, 4.69) is 15.5 Å². The van der Waals surface area contributed by atoms with Gasteiger partial charge in [-0.25, -0.2) is 8.42 Å². The van der Waals surface area contributed by atoms with E-state index in [9.17, 15) is 18.5 Å². The minimum absolute atomic E-state index is 0.0887. The van der Waals surface area contributed by atoms with Crippen molar-refractivity contribution in [2.75, 3.05) is 18.4 Å². The molecule has 0 aliphatic carbocycles. The fourth-order valence-corrected chi connectivity index (χ4v) is 4.76. The molecule has 10 nitrogen and oxygen atoms in total. The van der Waals surface area contributed by atoms with Gasteiger partial charge in [-0.05, 0) is 32.8 Å². The van der Waals surface area contributed by atoms with E-state index in [-0.39, 0.29) is 23.2 Å². The number of nitrogens with zero attached hydrogens (tertiary/aromatic N) is 5. The Labute approximate surface area is 157 Å². The molecule has 0 atom stereocenters. The van der Waals surface area contributed by atoms with E-state index in [1.165, 1.54) is 16.4 Å². The number of nitro benzene ring substituents is 1. The van der Waals surface area contributed by atoms with Gasteiger partial charge in [0.1, 0.15) is 11.2 Å². The van der Waals surface area contributed by atoms with Gasteiger partial charge in [-0.2, -0.15) is 4.31 Å². The molecule has 1 aromatic heterocycles. The lowest BCUT2D eigenvalue weighted by atomic mass is 10.3. The zero-order valence-corrected chi connectivity index (χ0v) is 16.0. The molecule has 1 aromatic carbocycles. The number of non-ortho nitro benzene ring substituents is 1. The number of aromatic nitrogens is 3. The molecular weight excluding hydrogens is 372 g/mol. The zero-order chi connectivity index (χ0) is 19.6. The normalized spacial score (nSPS) is 15.4. The summed E-state index contributed by atoms with van der Waals surface area (Å²) in [5, 5.41) is 22.1. The van der Waals surface area contributed by atoms with Crippen molar-refractivity contribution in [3.05, 3.63) is 40.5 Å². The van der Waals surface area contributed by atoms with Crippen LogP contribution in [-0.2, 0) is 16.6 Å². The third-order valence-corrected chi connectivity index (χ3v) is 6.44. The lowest BCUT2D eigenvalue weighted by molar-refractivity contribution is -0.385. The smallest absolute Gasteiger partial charge is 0.270 e. The summed E-state index contributed by atoms with van der Waals surface area (Å²) in [4.78, 5) is 10.4. The van der Waals surface area contributed by atoms with Gasteiger partial charge in [-0.3, -0.25) is 10.1 Å². The molecule has 0 saturated carbocycles. The first-order valence-electron chi connectivity index (χ1n) is 8.71. The largest absolute Gasteiger partial charge is 0.377 e. The highest BCUT2D eigenvalue weighted by Crippen LogP contribution is 2.31. The van der Waals surface area contributed by atoms with Crippen LogP contribution in [0.2, 0.25) is 0 Å². The Bertz CT molecular complexity index is 934. The second kappa shape index (κ2) is 7.61. The average Bonchev–Trinajstić information content (AvgIpc) is 3.31. The summed E-state index contributed by atoms with van der Waals surface area (Å²) in [6, 6.07) is 3.99. The molecule has 0 spiro atoms. The summed E-state index contributed by atoms with van der Waals surface area (Å²) < 4.78 is 29.2. The molecule has 1 N–H and O–H groups in total. The Morgan fingerprint density at radius 3 is 2.63 bits per heavy atom. The van der Waals surface area contributed by atoms with Crippen molar-refractivity contribution < 1.29 is 13.3 Å². The van der Waals surface area contributed by atoms with Gasteiger partial charge in [0, 0.05) is 31.3 Å². The Hall–Kier alpha value is -2.53. The molecule has 0 amide bonds. The van der Waals surface area contributed by atoms with Crippen LogP contribution < -0.4 is 5.32 Å². The van der Waals surface area contributed by atoms with Gasteiger partial charge >= 0.3 is 0 Å². The summed E-state index contributed by atoms with van der Waals surface area (Å²) in [6.07, 6.45) is 3.18. The second-order valence-corrected chi connectivity index (χ2v) is 8.56. The number of sulfonamides is 1. The molecule has 2 heterocycles. The van der Waals surface area contributed by atoms with Gasteiger partial charge in [0.15, 0.2) is 5.82 Å². The first-order chi connectivity index (χ1) is 12.8. The molecule has 1 aliphatic heterocycles. The van der Waals surface area contributed by atoms with Gasteiger partial charge in [0.05, 0.1) is 17.2 Å². The number of hydrogen-bond acceptors (Lipinski definition) is 7. The van der Waals surface area contributed by atoms with Crippen LogP contribution in [0, 0.1) is 10.1 Å². The number of rotatable bonds is 7. The highest BCUT2D eigenvalue weighted by Gasteiger charge is 2.31. The third kappa shape index (κ3) is 3.93. The number of anilines is 1. The van der Waals surface area contributed by atoms with Crippen molar-refractivity contribution in [2.45, 2.75) is 44.2 Å². The zero-order valence-electron chi connectivity index (χ0n) is 15.2. The van der Waals surface area contributed by atoms with Crippen LogP contribution >= 0.6 is 0 Å². The SMILES string of the molecule is CC(C)n1cnnc1CNc1ccc([N+](=O)[O-])cc1S(=O)(=O)N1CCCC1. The van der Waals surface area contributed by atoms with E-state index < -0.39 is 14.9 Å².